The minimum absolute atomic E-state index is 0.0162. The third-order valence-electron chi connectivity index (χ3n) is 5.19. The molecule has 0 saturated heterocycles. The summed E-state index contributed by atoms with van der Waals surface area (Å²) in [5.41, 5.74) is 3.61. The molecule has 0 aliphatic heterocycles. The summed E-state index contributed by atoms with van der Waals surface area (Å²) >= 11 is 0. The molecule has 0 aromatic heterocycles. The Labute approximate surface area is 168 Å². The van der Waals surface area contributed by atoms with E-state index in [0.717, 1.165) is 24.4 Å². The Morgan fingerprint density at radius 3 is 1.71 bits per heavy atom. The maximum Gasteiger partial charge on any atom is 0.118 e. The summed E-state index contributed by atoms with van der Waals surface area (Å²) in [5.74, 6) is 0.834. The van der Waals surface area contributed by atoms with Crippen LogP contribution in [-0.2, 0) is 19.5 Å². The molecule has 0 radical (unpaired) electrons. The Morgan fingerprint density at radius 2 is 1.25 bits per heavy atom. The number of aliphatic hydroxyl groups excluding tert-OH is 1. The number of benzene rings is 3. The Hall–Kier alpha value is -2.62. The molecule has 3 heteroatoms. The summed E-state index contributed by atoms with van der Waals surface area (Å²) in [5, 5.41) is 11.0. The van der Waals surface area contributed by atoms with E-state index in [1.807, 2.05) is 36.4 Å². The predicted octanol–water partition coefficient (Wildman–Crippen LogP) is 4.69. The summed E-state index contributed by atoms with van der Waals surface area (Å²) in [4.78, 5) is 2.35. The molecule has 0 aliphatic carbocycles. The second-order valence-corrected chi connectivity index (χ2v) is 7.24. The standard InChI is InChI=1S/C25H29NO2/c1-20(25(27)17-21-13-15-24(28-2)16-14-21)26(18-22-9-5-3-6-10-22)19-23-11-7-4-8-12-23/h3-16,20,25,27H,17-19H2,1-2H3/t20-,25-/m0/s1. The Balaban J connectivity index is 1.72. The van der Waals surface area contributed by atoms with Gasteiger partial charge in [0.05, 0.1) is 13.2 Å². The van der Waals surface area contributed by atoms with Crippen LogP contribution in [0.2, 0.25) is 0 Å². The molecule has 0 unspecified atom stereocenters. The zero-order chi connectivity index (χ0) is 19.8. The second kappa shape index (κ2) is 10.1. The van der Waals surface area contributed by atoms with Gasteiger partial charge in [-0.1, -0.05) is 72.8 Å². The number of nitrogens with zero attached hydrogens (tertiary/aromatic N) is 1. The van der Waals surface area contributed by atoms with Gasteiger partial charge < -0.3 is 9.84 Å². The quantitative estimate of drug-likeness (QED) is 0.589. The van der Waals surface area contributed by atoms with Crippen LogP contribution in [0, 0.1) is 0 Å². The van der Waals surface area contributed by atoms with Crippen LogP contribution in [0.5, 0.6) is 5.75 Å². The van der Waals surface area contributed by atoms with Crippen molar-refractivity contribution in [3.63, 3.8) is 0 Å². The van der Waals surface area contributed by atoms with E-state index in [2.05, 4.69) is 60.4 Å². The Kier molecular flexibility index (Phi) is 7.24. The molecule has 0 amide bonds. The summed E-state index contributed by atoms with van der Waals surface area (Å²) in [6.07, 6.45) is 0.159. The molecule has 0 saturated carbocycles. The maximum absolute atomic E-state index is 11.0. The molecule has 0 fully saturated rings. The number of methoxy groups -OCH3 is 1. The van der Waals surface area contributed by atoms with E-state index in [4.69, 9.17) is 4.74 Å². The third-order valence-corrected chi connectivity index (χ3v) is 5.19. The molecule has 28 heavy (non-hydrogen) atoms. The minimum Gasteiger partial charge on any atom is -0.497 e. The lowest BCUT2D eigenvalue weighted by molar-refractivity contribution is 0.0494. The SMILES string of the molecule is COc1ccc(C[C@H](O)[C@H](C)N(Cc2ccccc2)Cc2ccccc2)cc1. The van der Waals surface area contributed by atoms with Crippen molar-refractivity contribution in [3.05, 3.63) is 102 Å². The van der Waals surface area contributed by atoms with Crippen LogP contribution < -0.4 is 4.74 Å². The zero-order valence-electron chi connectivity index (χ0n) is 16.7. The van der Waals surface area contributed by atoms with Crippen molar-refractivity contribution in [1.82, 2.24) is 4.90 Å². The van der Waals surface area contributed by atoms with Gasteiger partial charge in [0.2, 0.25) is 0 Å². The molecule has 3 rings (SSSR count). The van der Waals surface area contributed by atoms with Gasteiger partial charge in [-0.2, -0.15) is 0 Å². The van der Waals surface area contributed by atoms with Crippen molar-refractivity contribution in [3.8, 4) is 5.75 Å². The van der Waals surface area contributed by atoms with Gasteiger partial charge in [0, 0.05) is 19.1 Å². The number of hydrogen-bond acceptors (Lipinski definition) is 3. The van der Waals surface area contributed by atoms with Gasteiger partial charge in [-0.3, -0.25) is 4.90 Å². The first kappa shape index (κ1) is 20.1. The maximum atomic E-state index is 11.0. The molecular weight excluding hydrogens is 346 g/mol. The average molecular weight is 376 g/mol. The molecule has 0 spiro atoms. The highest BCUT2D eigenvalue weighted by molar-refractivity contribution is 5.27. The van der Waals surface area contributed by atoms with Crippen LogP contribution in [0.25, 0.3) is 0 Å². The molecule has 1 N–H and O–H groups in total. The van der Waals surface area contributed by atoms with Gasteiger partial charge in [-0.15, -0.1) is 0 Å². The van der Waals surface area contributed by atoms with E-state index in [1.165, 1.54) is 11.1 Å². The van der Waals surface area contributed by atoms with E-state index >= 15 is 0 Å². The van der Waals surface area contributed by atoms with Crippen LogP contribution >= 0.6 is 0 Å². The lowest BCUT2D eigenvalue weighted by atomic mass is 10.0. The van der Waals surface area contributed by atoms with Crippen molar-refractivity contribution in [2.24, 2.45) is 0 Å². The lowest BCUT2D eigenvalue weighted by Crippen LogP contribution is -2.41. The summed E-state index contributed by atoms with van der Waals surface area (Å²) in [6.45, 7) is 3.72. The number of rotatable bonds is 9. The molecule has 0 aliphatic rings. The van der Waals surface area contributed by atoms with E-state index in [0.29, 0.717) is 6.42 Å². The van der Waals surface area contributed by atoms with E-state index in [9.17, 15) is 5.11 Å². The predicted molar refractivity (Wildman–Crippen MR) is 114 cm³/mol. The topological polar surface area (TPSA) is 32.7 Å². The van der Waals surface area contributed by atoms with E-state index < -0.39 is 6.10 Å². The van der Waals surface area contributed by atoms with E-state index in [-0.39, 0.29) is 6.04 Å². The van der Waals surface area contributed by atoms with Crippen molar-refractivity contribution in [2.45, 2.75) is 38.6 Å². The van der Waals surface area contributed by atoms with Gasteiger partial charge in [-0.05, 0) is 42.2 Å². The van der Waals surface area contributed by atoms with Crippen LogP contribution in [0.3, 0.4) is 0 Å². The fourth-order valence-corrected chi connectivity index (χ4v) is 3.40. The highest BCUT2D eigenvalue weighted by atomic mass is 16.5. The first-order chi connectivity index (χ1) is 13.7. The Bertz CT molecular complexity index is 777. The Morgan fingerprint density at radius 1 is 0.750 bits per heavy atom. The van der Waals surface area contributed by atoms with Crippen LogP contribution in [0.1, 0.15) is 23.6 Å². The van der Waals surface area contributed by atoms with Gasteiger partial charge in [0.15, 0.2) is 0 Å². The zero-order valence-corrected chi connectivity index (χ0v) is 16.7. The average Bonchev–Trinajstić information content (AvgIpc) is 2.75. The summed E-state index contributed by atoms with van der Waals surface area (Å²) in [7, 11) is 1.66. The lowest BCUT2D eigenvalue weighted by Gasteiger charge is -2.33. The third kappa shape index (κ3) is 5.69. The molecule has 0 heterocycles. The fraction of sp³-hybridized carbons (Fsp3) is 0.280. The van der Waals surface area contributed by atoms with Crippen molar-refractivity contribution >= 4 is 0 Å². The second-order valence-electron chi connectivity index (χ2n) is 7.24. The van der Waals surface area contributed by atoms with Crippen molar-refractivity contribution < 1.29 is 9.84 Å². The van der Waals surface area contributed by atoms with Gasteiger partial charge in [0.1, 0.15) is 5.75 Å². The number of ether oxygens (including phenoxy) is 1. The normalized spacial score (nSPS) is 13.3. The number of hydrogen-bond donors (Lipinski definition) is 1. The van der Waals surface area contributed by atoms with E-state index in [1.54, 1.807) is 7.11 Å². The fourth-order valence-electron chi connectivity index (χ4n) is 3.40. The van der Waals surface area contributed by atoms with Crippen LogP contribution in [0.15, 0.2) is 84.9 Å². The van der Waals surface area contributed by atoms with Gasteiger partial charge in [0.25, 0.3) is 0 Å². The van der Waals surface area contributed by atoms with Crippen LogP contribution in [-0.4, -0.2) is 29.3 Å². The molecular formula is C25H29NO2. The van der Waals surface area contributed by atoms with Crippen molar-refractivity contribution in [2.75, 3.05) is 7.11 Å². The molecule has 3 aromatic rings. The first-order valence-corrected chi connectivity index (χ1v) is 9.78. The summed E-state index contributed by atoms with van der Waals surface area (Å²) < 4.78 is 5.22. The molecule has 0 bridgehead atoms. The first-order valence-electron chi connectivity index (χ1n) is 9.78. The summed E-state index contributed by atoms with van der Waals surface area (Å²) in [6, 6.07) is 28.8. The molecule has 146 valence electrons. The molecule has 2 atom stereocenters. The monoisotopic (exact) mass is 375 g/mol. The smallest absolute Gasteiger partial charge is 0.118 e. The highest BCUT2D eigenvalue weighted by Crippen LogP contribution is 2.19. The number of aliphatic hydroxyl groups is 1. The minimum atomic E-state index is -0.458. The molecule has 3 aromatic carbocycles. The molecule has 3 nitrogen and oxygen atoms in total. The van der Waals surface area contributed by atoms with Gasteiger partial charge in [-0.25, -0.2) is 0 Å². The largest absolute Gasteiger partial charge is 0.497 e. The van der Waals surface area contributed by atoms with Gasteiger partial charge >= 0.3 is 0 Å². The van der Waals surface area contributed by atoms with Crippen LogP contribution in [0.4, 0.5) is 0 Å². The van der Waals surface area contributed by atoms with Crippen molar-refractivity contribution in [1.29, 1.82) is 0 Å². The highest BCUT2D eigenvalue weighted by Gasteiger charge is 2.22.